The molecule has 0 saturated carbocycles. The van der Waals surface area contributed by atoms with Gasteiger partial charge in [-0.2, -0.15) is 5.26 Å². The molecule has 0 rings (SSSR count). The molecule has 0 aromatic carbocycles. The van der Waals surface area contributed by atoms with Gasteiger partial charge in [0.1, 0.15) is 6.54 Å². The number of carbonyl (C=O) groups is 1. The first-order valence-electron chi connectivity index (χ1n) is 2.89. The van der Waals surface area contributed by atoms with Crippen LogP contribution in [-0.4, -0.2) is 48.4 Å². The number of ether oxygens (including phenoxy) is 1. The second-order valence-electron chi connectivity index (χ2n) is 1.95. The average Bonchev–Trinajstić information content (AvgIpc) is 1.97. The van der Waals surface area contributed by atoms with E-state index in [0.717, 1.165) is 7.11 Å². The minimum atomic E-state index is -2.83. The van der Waals surface area contributed by atoms with Crippen LogP contribution in [0, 0.1) is 11.5 Å². The summed E-state index contributed by atoms with van der Waals surface area (Å²) in [6.07, 6.45) is 1.31. The van der Waals surface area contributed by atoms with Crippen molar-refractivity contribution in [2.45, 2.75) is 5.81 Å². The summed E-state index contributed by atoms with van der Waals surface area (Å²) >= 11 is 0. The van der Waals surface area contributed by atoms with E-state index in [0.29, 0.717) is 0 Å². The highest BCUT2D eigenvalue weighted by molar-refractivity contribution is 6.12. The fourth-order valence-corrected chi connectivity index (χ4v) is 0.419. The Bertz CT molecular complexity index is 206. The maximum atomic E-state index is 10.5. The lowest BCUT2D eigenvalue weighted by Gasteiger charge is -2.26. The number of carbonyl (C=O) groups excluding carboxylic acids is 1. The normalized spacial score (nSPS) is 10.2. The van der Waals surface area contributed by atoms with E-state index in [1.54, 1.807) is 0 Å². The molecule has 0 aromatic heterocycles. The molecule has 0 spiro atoms. The van der Waals surface area contributed by atoms with Crippen LogP contribution in [0.4, 0.5) is 0 Å². The molecule has 0 saturated heterocycles. The van der Waals surface area contributed by atoms with Gasteiger partial charge in [0.25, 0.3) is 0 Å². The van der Waals surface area contributed by atoms with Crippen LogP contribution in [0.2, 0.25) is 0 Å². The molecule has 2 N–H and O–H groups in total. The highest BCUT2D eigenvalue weighted by Gasteiger charge is 2.26. The summed E-state index contributed by atoms with van der Waals surface area (Å²) in [5.74, 6) is -3.63. The Kier molecular flexibility index (Phi) is 3.53. The first-order chi connectivity index (χ1) is 5.41. The number of esters is 1. The zero-order chi connectivity index (χ0) is 9.78. The Morgan fingerprint density at radius 1 is 1.83 bits per heavy atom. The fourth-order valence-electron chi connectivity index (χ4n) is 0.419. The predicted molar refractivity (Wildman–Crippen MR) is 37.3 cm³/mol. The van der Waals surface area contributed by atoms with Crippen LogP contribution >= 0.6 is 0 Å². The Balaban J connectivity index is 4.22. The van der Waals surface area contributed by atoms with Gasteiger partial charge in [-0.25, -0.2) is 0 Å². The third-order valence-electron chi connectivity index (χ3n) is 1.03. The van der Waals surface area contributed by atoms with Crippen LogP contribution in [0.1, 0.15) is 0 Å². The zero-order valence-corrected chi connectivity index (χ0v) is 6.39. The lowest BCUT2D eigenvalue weighted by Crippen LogP contribution is -2.48. The van der Waals surface area contributed by atoms with Crippen molar-refractivity contribution in [2.75, 3.05) is 13.7 Å². The van der Waals surface area contributed by atoms with Crippen molar-refractivity contribution in [1.82, 2.24) is 4.90 Å². The van der Waals surface area contributed by atoms with Crippen molar-refractivity contribution in [3.63, 3.8) is 0 Å². The minimum Gasteiger partial charge on any atom is -0.468 e. The summed E-state index contributed by atoms with van der Waals surface area (Å²) in [5, 5.41) is 25.6. The Morgan fingerprint density at radius 3 is 2.58 bits per heavy atom. The molecular formula is C5H7BN2O4. The van der Waals surface area contributed by atoms with Gasteiger partial charge in [-0.3, -0.25) is 9.69 Å². The van der Waals surface area contributed by atoms with Crippen LogP contribution in [-0.2, 0) is 9.53 Å². The third kappa shape index (κ3) is 3.23. The predicted octanol–water partition coefficient (Wildman–Crippen LogP) is -2.29. The van der Waals surface area contributed by atoms with E-state index in [9.17, 15) is 4.79 Å². The largest absolute Gasteiger partial charge is 0.468 e. The number of methoxy groups -OCH3 is 1. The minimum absolute atomic E-state index is 0.263. The van der Waals surface area contributed by atoms with Crippen molar-refractivity contribution in [1.29, 1.82) is 5.26 Å². The second kappa shape index (κ2) is 3.94. The van der Waals surface area contributed by atoms with Crippen LogP contribution in [0.3, 0.4) is 0 Å². The molecule has 0 aliphatic heterocycles. The fraction of sp³-hybridized carbons (Fsp3) is 0.600. The molecule has 0 unspecified atom stereocenters. The van der Waals surface area contributed by atoms with E-state index in [1.807, 2.05) is 0 Å². The quantitative estimate of drug-likeness (QED) is 0.163. The highest BCUT2D eigenvalue weighted by Crippen LogP contribution is 2.00. The zero-order valence-electron chi connectivity index (χ0n) is 6.39. The SMILES string of the molecule is [B]C(O)(O)N(C#N)CC(=O)OC. The van der Waals surface area contributed by atoms with Gasteiger partial charge in [0.2, 0.25) is 0 Å². The van der Waals surface area contributed by atoms with Crippen LogP contribution in [0.15, 0.2) is 0 Å². The number of hydrogen-bond acceptors (Lipinski definition) is 6. The molecule has 12 heavy (non-hydrogen) atoms. The van der Waals surface area contributed by atoms with E-state index in [1.165, 1.54) is 6.19 Å². The van der Waals surface area contributed by atoms with E-state index in [2.05, 4.69) is 4.74 Å². The molecule has 0 amide bonds. The molecule has 0 aliphatic carbocycles. The third-order valence-corrected chi connectivity index (χ3v) is 1.03. The van der Waals surface area contributed by atoms with E-state index in [4.69, 9.17) is 23.3 Å². The van der Waals surface area contributed by atoms with Gasteiger partial charge >= 0.3 is 5.97 Å². The number of hydrogen-bond donors (Lipinski definition) is 2. The Morgan fingerprint density at radius 2 is 2.33 bits per heavy atom. The maximum absolute atomic E-state index is 10.5. The lowest BCUT2D eigenvalue weighted by molar-refractivity contribution is -0.183. The standard InChI is InChI=1S/C5H7BN2O4/c1-12-4(9)2-8(3-7)5(6,10)11/h10-11H,2H2,1H3. The molecular weight excluding hydrogens is 163 g/mol. The molecule has 6 nitrogen and oxygen atoms in total. The van der Waals surface area contributed by atoms with Gasteiger partial charge in [0.15, 0.2) is 19.8 Å². The summed E-state index contributed by atoms with van der Waals surface area (Å²) in [6, 6.07) is 0. The summed E-state index contributed by atoms with van der Waals surface area (Å²) < 4.78 is 4.17. The summed E-state index contributed by atoms with van der Waals surface area (Å²) in [4.78, 5) is 10.8. The molecule has 0 bridgehead atoms. The lowest BCUT2D eigenvalue weighted by atomic mass is 10.0. The molecule has 64 valence electrons. The molecule has 2 radical (unpaired) electrons. The Labute approximate surface area is 70.4 Å². The Hall–Kier alpha value is -1.26. The molecule has 7 heteroatoms. The van der Waals surface area contributed by atoms with E-state index < -0.39 is 18.3 Å². The van der Waals surface area contributed by atoms with Crippen molar-refractivity contribution in [3.05, 3.63) is 0 Å². The van der Waals surface area contributed by atoms with Crippen molar-refractivity contribution < 1.29 is 19.7 Å². The van der Waals surface area contributed by atoms with Crippen molar-refractivity contribution in [2.24, 2.45) is 0 Å². The van der Waals surface area contributed by atoms with Crippen LogP contribution in [0.5, 0.6) is 0 Å². The smallest absolute Gasteiger partial charge is 0.326 e. The number of rotatable bonds is 3. The first kappa shape index (κ1) is 10.7. The van der Waals surface area contributed by atoms with Gasteiger partial charge in [-0.05, 0) is 0 Å². The molecule has 0 aromatic rings. The molecule has 0 fully saturated rings. The van der Waals surface area contributed by atoms with Gasteiger partial charge in [0, 0.05) is 0 Å². The highest BCUT2D eigenvalue weighted by atomic mass is 16.5. The van der Waals surface area contributed by atoms with Crippen molar-refractivity contribution >= 4 is 13.8 Å². The maximum Gasteiger partial charge on any atom is 0.326 e. The molecule has 0 heterocycles. The van der Waals surface area contributed by atoms with E-state index in [-0.39, 0.29) is 4.90 Å². The van der Waals surface area contributed by atoms with Gasteiger partial charge in [0.05, 0.1) is 7.11 Å². The van der Waals surface area contributed by atoms with Gasteiger partial charge in [-0.15, -0.1) is 0 Å². The number of aliphatic hydroxyl groups is 2. The van der Waals surface area contributed by atoms with Crippen molar-refractivity contribution in [3.8, 4) is 6.19 Å². The van der Waals surface area contributed by atoms with E-state index >= 15 is 0 Å². The number of nitriles is 1. The first-order valence-corrected chi connectivity index (χ1v) is 2.89. The molecule has 0 aliphatic rings. The van der Waals surface area contributed by atoms with Crippen LogP contribution < -0.4 is 0 Å². The topological polar surface area (TPSA) is 93.8 Å². The number of nitrogens with zero attached hydrogens (tertiary/aromatic N) is 2. The second-order valence-corrected chi connectivity index (χ2v) is 1.95. The summed E-state index contributed by atoms with van der Waals surface area (Å²) in [6.45, 7) is -0.615. The summed E-state index contributed by atoms with van der Waals surface area (Å²) in [7, 11) is 5.80. The monoisotopic (exact) mass is 170 g/mol. The van der Waals surface area contributed by atoms with Gasteiger partial charge < -0.3 is 14.9 Å². The average molecular weight is 170 g/mol. The molecule has 0 atom stereocenters. The van der Waals surface area contributed by atoms with Gasteiger partial charge in [-0.1, -0.05) is 0 Å². The summed E-state index contributed by atoms with van der Waals surface area (Å²) in [5.41, 5.74) is 0. The van der Waals surface area contributed by atoms with Crippen LogP contribution in [0.25, 0.3) is 0 Å².